The van der Waals surface area contributed by atoms with Crippen molar-refractivity contribution >= 4 is 33.2 Å². The average molecular weight is 316 g/mol. The van der Waals surface area contributed by atoms with E-state index in [2.05, 4.69) is 9.36 Å². The molecule has 0 unspecified atom stereocenters. The topological polar surface area (TPSA) is 85.9 Å². The molecule has 1 fully saturated rings. The standard InChI is InChI=1S/C11H10ClN3O2S2/c12-11-14-10(15-18-11)9-5-8(9)6-1-3-7(4-2-6)19(13,16)17/h1-4,8-9H,5H2,(H2,13,16,17)/t8-,9+/m0/s1. The highest BCUT2D eigenvalue weighted by atomic mass is 35.5. The van der Waals surface area contributed by atoms with E-state index in [-0.39, 0.29) is 10.8 Å². The summed E-state index contributed by atoms with van der Waals surface area (Å²) < 4.78 is 27.0. The molecule has 2 N–H and O–H groups in total. The first-order valence-electron chi connectivity index (χ1n) is 5.57. The number of rotatable bonds is 3. The normalized spacial score (nSPS) is 22.4. The summed E-state index contributed by atoms with van der Waals surface area (Å²) in [5, 5.41) is 5.06. The summed E-state index contributed by atoms with van der Waals surface area (Å²) in [5.41, 5.74) is 1.07. The van der Waals surface area contributed by atoms with Crippen LogP contribution in [0, 0.1) is 0 Å². The number of nitrogens with zero attached hydrogens (tertiary/aromatic N) is 2. The number of aromatic nitrogens is 2. The molecule has 1 saturated carbocycles. The second kappa shape index (κ2) is 4.52. The van der Waals surface area contributed by atoms with Gasteiger partial charge in [-0.3, -0.25) is 0 Å². The Morgan fingerprint density at radius 3 is 2.47 bits per heavy atom. The predicted octanol–water partition coefficient (Wildman–Crippen LogP) is 2.11. The van der Waals surface area contributed by atoms with Gasteiger partial charge in [0, 0.05) is 5.92 Å². The lowest BCUT2D eigenvalue weighted by atomic mass is 10.1. The van der Waals surface area contributed by atoms with Gasteiger partial charge in [-0.1, -0.05) is 12.1 Å². The molecule has 1 aliphatic carbocycles. The van der Waals surface area contributed by atoms with Gasteiger partial charge >= 0.3 is 0 Å². The van der Waals surface area contributed by atoms with Gasteiger partial charge in [0.2, 0.25) is 14.5 Å². The Morgan fingerprint density at radius 2 is 1.95 bits per heavy atom. The van der Waals surface area contributed by atoms with Gasteiger partial charge < -0.3 is 0 Å². The Kier molecular flexibility index (Phi) is 3.09. The van der Waals surface area contributed by atoms with E-state index in [0.717, 1.165) is 17.8 Å². The Balaban J connectivity index is 1.79. The van der Waals surface area contributed by atoms with Gasteiger partial charge in [-0.25, -0.2) is 18.5 Å². The molecule has 100 valence electrons. The van der Waals surface area contributed by atoms with Crippen LogP contribution in [0.2, 0.25) is 4.47 Å². The highest BCUT2D eigenvalue weighted by Gasteiger charge is 2.42. The maximum atomic E-state index is 11.2. The lowest BCUT2D eigenvalue weighted by Gasteiger charge is -2.01. The molecule has 0 aliphatic heterocycles. The molecule has 2 atom stereocenters. The first-order valence-corrected chi connectivity index (χ1v) is 8.27. The zero-order valence-corrected chi connectivity index (χ0v) is 12.0. The van der Waals surface area contributed by atoms with Crippen molar-refractivity contribution in [3.8, 4) is 0 Å². The largest absolute Gasteiger partial charge is 0.238 e. The minimum atomic E-state index is -3.63. The van der Waals surface area contributed by atoms with Crippen LogP contribution in [0.1, 0.15) is 29.6 Å². The molecule has 1 heterocycles. The van der Waals surface area contributed by atoms with Crippen LogP contribution < -0.4 is 5.14 Å². The van der Waals surface area contributed by atoms with E-state index in [4.69, 9.17) is 16.7 Å². The molecule has 3 rings (SSSR count). The number of halogens is 1. The van der Waals surface area contributed by atoms with Crippen molar-refractivity contribution in [2.45, 2.75) is 23.2 Å². The van der Waals surface area contributed by atoms with Crippen molar-refractivity contribution < 1.29 is 8.42 Å². The fraction of sp³-hybridized carbons (Fsp3) is 0.273. The molecule has 1 aliphatic rings. The third kappa shape index (κ3) is 2.64. The summed E-state index contributed by atoms with van der Waals surface area (Å²) in [6.45, 7) is 0. The van der Waals surface area contributed by atoms with Crippen LogP contribution >= 0.6 is 23.1 Å². The first kappa shape index (κ1) is 13.0. The van der Waals surface area contributed by atoms with Crippen LogP contribution in [0.25, 0.3) is 0 Å². The van der Waals surface area contributed by atoms with Gasteiger partial charge in [-0.05, 0) is 53.2 Å². The molecule has 1 aromatic heterocycles. The van der Waals surface area contributed by atoms with Gasteiger partial charge in [0.1, 0.15) is 5.82 Å². The second-order valence-corrected chi connectivity index (χ2v) is 7.36. The van der Waals surface area contributed by atoms with Crippen LogP contribution in [-0.4, -0.2) is 17.8 Å². The summed E-state index contributed by atoms with van der Waals surface area (Å²) in [7, 11) is -3.63. The molecule has 0 radical (unpaired) electrons. The van der Waals surface area contributed by atoms with Gasteiger partial charge in [0.05, 0.1) is 4.90 Å². The summed E-state index contributed by atoms with van der Waals surface area (Å²) in [6, 6.07) is 6.64. The van der Waals surface area contributed by atoms with E-state index < -0.39 is 10.0 Å². The molecule has 8 heteroatoms. The molecule has 2 aromatic rings. The lowest BCUT2D eigenvalue weighted by molar-refractivity contribution is 0.598. The molecule has 0 amide bonds. The molecular weight excluding hydrogens is 306 g/mol. The monoisotopic (exact) mass is 315 g/mol. The van der Waals surface area contributed by atoms with Gasteiger partial charge in [0.25, 0.3) is 0 Å². The summed E-state index contributed by atoms with van der Waals surface area (Å²) in [6.07, 6.45) is 0.960. The van der Waals surface area contributed by atoms with Crippen molar-refractivity contribution in [3.05, 3.63) is 40.1 Å². The maximum absolute atomic E-state index is 11.2. The summed E-state index contributed by atoms with van der Waals surface area (Å²) >= 11 is 6.95. The van der Waals surface area contributed by atoms with Crippen molar-refractivity contribution in [1.29, 1.82) is 0 Å². The maximum Gasteiger partial charge on any atom is 0.238 e. The smallest absolute Gasteiger partial charge is 0.225 e. The number of hydrogen-bond acceptors (Lipinski definition) is 5. The number of sulfonamides is 1. The molecule has 19 heavy (non-hydrogen) atoms. The van der Waals surface area contributed by atoms with Gasteiger partial charge in [-0.15, -0.1) is 0 Å². The fourth-order valence-electron chi connectivity index (χ4n) is 2.12. The minimum absolute atomic E-state index is 0.128. The molecule has 5 nitrogen and oxygen atoms in total. The van der Waals surface area contributed by atoms with E-state index in [1.807, 2.05) is 0 Å². The van der Waals surface area contributed by atoms with Crippen molar-refractivity contribution in [2.75, 3.05) is 0 Å². The quantitative estimate of drug-likeness (QED) is 0.940. The zero-order valence-electron chi connectivity index (χ0n) is 9.65. The van der Waals surface area contributed by atoms with Crippen LogP contribution in [0.5, 0.6) is 0 Å². The van der Waals surface area contributed by atoms with Crippen LogP contribution in [0.15, 0.2) is 29.2 Å². The Hall–Kier alpha value is -1.02. The van der Waals surface area contributed by atoms with Crippen LogP contribution in [0.4, 0.5) is 0 Å². The molecule has 1 aromatic carbocycles. The highest BCUT2D eigenvalue weighted by Crippen LogP contribution is 2.54. The molecule has 0 bridgehead atoms. The predicted molar refractivity (Wildman–Crippen MR) is 72.8 cm³/mol. The molecular formula is C11H10ClN3O2S2. The van der Waals surface area contributed by atoms with Crippen LogP contribution in [0.3, 0.4) is 0 Å². The third-order valence-corrected chi connectivity index (χ3v) is 4.92. The third-order valence-electron chi connectivity index (χ3n) is 3.18. The number of nitrogens with two attached hydrogens (primary N) is 1. The number of primary sulfonamides is 1. The SMILES string of the molecule is NS(=O)(=O)c1ccc([C@@H]2C[C@H]2c2nsc(Cl)n2)cc1. The molecule has 0 saturated heterocycles. The van der Waals surface area contributed by atoms with Crippen LogP contribution in [-0.2, 0) is 10.0 Å². The lowest BCUT2D eigenvalue weighted by Crippen LogP contribution is -2.11. The second-order valence-electron chi connectivity index (χ2n) is 4.47. The minimum Gasteiger partial charge on any atom is -0.225 e. The van der Waals surface area contributed by atoms with E-state index in [1.165, 1.54) is 23.7 Å². The van der Waals surface area contributed by atoms with Gasteiger partial charge in [0.15, 0.2) is 0 Å². The molecule has 0 spiro atoms. The Bertz CT molecular complexity index is 712. The van der Waals surface area contributed by atoms with Gasteiger partial charge in [-0.2, -0.15) is 4.37 Å². The Morgan fingerprint density at radius 1 is 1.26 bits per heavy atom. The number of benzene rings is 1. The van der Waals surface area contributed by atoms with E-state index >= 15 is 0 Å². The average Bonchev–Trinajstić information content (AvgIpc) is 3.04. The van der Waals surface area contributed by atoms with Crippen molar-refractivity contribution in [2.24, 2.45) is 5.14 Å². The van der Waals surface area contributed by atoms with E-state index in [1.54, 1.807) is 12.1 Å². The van der Waals surface area contributed by atoms with E-state index in [9.17, 15) is 8.42 Å². The summed E-state index contributed by atoms with van der Waals surface area (Å²) in [4.78, 5) is 4.29. The Labute approximate surface area is 119 Å². The van der Waals surface area contributed by atoms with Crippen molar-refractivity contribution in [1.82, 2.24) is 9.36 Å². The number of hydrogen-bond donors (Lipinski definition) is 1. The van der Waals surface area contributed by atoms with Crippen molar-refractivity contribution in [3.63, 3.8) is 0 Å². The zero-order chi connectivity index (χ0) is 13.6. The first-order chi connectivity index (χ1) is 8.95. The fourth-order valence-corrected chi connectivity index (χ4v) is 3.30. The summed E-state index contributed by atoms with van der Waals surface area (Å²) in [5.74, 6) is 1.39. The highest BCUT2D eigenvalue weighted by molar-refractivity contribution is 7.89. The van der Waals surface area contributed by atoms with E-state index in [0.29, 0.717) is 10.4 Å².